The minimum atomic E-state index is -1.53. The highest BCUT2D eigenvalue weighted by atomic mass is 32.2. The number of carbonyl (C=O) groups is 2. The average Bonchev–Trinajstić information content (AvgIpc) is 2.78. The number of carbonyl (C=O) groups excluding carboxylic acids is 1. The van der Waals surface area contributed by atoms with Gasteiger partial charge in [0.25, 0.3) is 5.91 Å². The Hall–Kier alpha value is -3.60. The zero-order valence-corrected chi connectivity index (χ0v) is 17.3. The van der Waals surface area contributed by atoms with E-state index in [2.05, 4.69) is 16.8 Å². The van der Waals surface area contributed by atoms with Crippen molar-refractivity contribution in [2.24, 2.45) is 0 Å². The van der Waals surface area contributed by atoms with Crippen molar-refractivity contribution >= 4 is 23.2 Å². The maximum absolute atomic E-state index is 13.0. The SMILES string of the molecule is O=C(O)c1ccc(CN2C(=O)c3cc(C#CCc4ccccc4)ncc3C[S+]2[O-])cc1. The minimum absolute atomic E-state index is 0.127. The minimum Gasteiger partial charge on any atom is -0.593 e. The highest BCUT2D eigenvalue weighted by Crippen LogP contribution is 2.26. The Morgan fingerprint density at radius 1 is 1.13 bits per heavy atom. The van der Waals surface area contributed by atoms with Gasteiger partial charge in [-0.15, -0.1) is 0 Å². The molecule has 1 N–H and O–H groups in total. The molecule has 4 rings (SSSR count). The highest BCUT2D eigenvalue weighted by Gasteiger charge is 2.35. The van der Waals surface area contributed by atoms with Gasteiger partial charge in [-0.2, -0.15) is 4.31 Å². The third-order valence-electron chi connectivity index (χ3n) is 4.85. The first-order valence-electron chi connectivity index (χ1n) is 9.55. The summed E-state index contributed by atoms with van der Waals surface area (Å²) in [5.74, 6) is 4.88. The van der Waals surface area contributed by atoms with Crippen molar-refractivity contribution in [3.05, 3.63) is 100 Å². The van der Waals surface area contributed by atoms with Crippen LogP contribution in [0.2, 0.25) is 0 Å². The van der Waals surface area contributed by atoms with Crippen molar-refractivity contribution in [2.75, 3.05) is 0 Å². The fourth-order valence-corrected chi connectivity index (χ4v) is 4.43. The summed E-state index contributed by atoms with van der Waals surface area (Å²) in [5, 5.41) is 9.01. The van der Waals surface area contributed by atoms with Gasteiger partial charge in [0.1, 0.15) is 5.69 Å². The van der Waals surface area contributed by atoms with Crippen LogP contribution in [0.1, 0.15) is 43.1 Å². The van der Waals surface area contributed by atoms with Crippen molar-refractivity contribution < 1.29 is 19.2 Å². The van der Waals surface area contributed by atoms with Crippen LogP contribution in [0.5, 0.6) is 0 Å². The molecule has 0 spiro atoms. The lowest BCUT2D eigenvalue weighted by molar-refractivity contribution is 0.0696. The lowest BCUT2D eigenvalue weighted by Crippen LogP contribution is -2.41. The molecule has 1 unspecified atom stereocenters. The molecule has 1 aliphatic heterocycles. The number of rotatable bonds is 4. The van der Waals surface area contributed by atoms with Gasteiger partial charge in [-0.25, -0.2) is 9.78 Å². The van der Waals surface area contributed by atoms with Gasteiger partial charge in [0.05, 0.1) is 29.0 Å². The number of pyridine rings is 1. The Morgan fingerprint density at radius 2 is 1.87 bits per heavy atom. The molecule has 7 heteroatoms. The van der Waals surface area contributed by atoms with Crippen LogP contribution in [-0.2, 0) is 30.1 Å². The summed E-state index contributed by atoms with van der Waals surface area (Å²) < 4.78 is 13.9. The first-order chi connectivity index (χ1) is 15.0. The van der Waals surface area contributed by atoms with E-state index in [0.717, 1.165) is 5.56 Å². The zero-order chi connectivity index (χ0) is 21.8. The molecule has 2 aromatic carbocycles. The fourth-order valence-electron chi connectivity index (χ4n) is 3.20. The molecule has 1 aromatic heterocycles. The molecule has 1 amide bonds. The standard InChI is InChI=1S/C24H18N2O4S/c27-23-22-13-21(8-4-7-17-5-2-1-3-6-17)25-14-20(22)16-31(30)26(23)15-18-9-11-19(12-10-18)24(28)29/h1-3,5-6,9-14H,7,15-16H2,(H,28,29). The van der Waals surface area contributed by atoms with Crippen LogP contribution < -0.4 is 0 Å². The van der Waals surface area contributed by atoms with E-state index < -0.39 is 17.3 Å². The second-order valence-electron chi connectivity index (χ2n) is 7.00. The molecule has 0 saturated heterocycles. The van der Waals surface area contributed by atoms with E-state index in [-0.39, 0.29) is 23.8 Å². The number of amides is 1. The number of carboxylic acids is 1. The quantitative estimate of drug-likeness (QED) is 0.507. The Kier molecular flexibility index (Phi) is 6.03. The second kappa shape index (κ2) is 9.04. The lowest BCUT2D eigenvalue weighted by Gasteiger charge is -2.29. The van der Waals surface area contributed by atoms with Gasteiger partial charge < -0.3 is 9.66 Å². The summed E-state index contributed by atoms with van der Waals surface area (Å²) in [6.07, 6.45) is 2.15. The van der Waals surface area contributed by atoms with E-state index in [9.17, 15) is 14.1 Å². The monoisotopic (exact) mass is 430 g/mol. The Balaban J connectivity index is 1.52. The predicted octanol–water partition coefficient (Wildman–Crippen LogP) is 3.19. The van der Waals surface area contributed by atoms with E-state index >= 15 is 0 Å². The van der Waals surface area contributed by atoms with Gasteiger partial charge in [-0.1, -0.05) is 48.4 Å². The van der Waals surface area contributed by atoms with Crippen LogP contribution in [0, 0.1) is 11.8 Å². The molecule has 1 aliphatic rings. The molecule has 0 fully saturated rings. The molecule has 0 saturated carbocycles. The Labute approximate surface area is 182 Å². The summed E-state index contributed by atoms with van der Waals surface area (Å²) in [6, 6.07) is 17.7. The van der Waals surface area contributed by atoms with E-state index in [4.69, 9.17) is 5.11 Å². The van der Waals surface area contributed by atoms with Gasteiger partial charge in [0.15, 0.2) is 5.75 Å². The average molecular weight is 430 g/mol. The number of hydrogen-bond acceptors (Lipinski definition) is 4. The molecular formula is C24H18N2O4S. The van der Waals surface area contributed by atoms with Gasteiger partial charge in [0.2, 0.25) is 0 Å². The molecule has 31 heavy (non-hydrogen) atoms. The molecule has 2 heterocycles. The van der Waals surface area contributed by atoms with Gasteiger partial charge >= 0.3 is 5.97 Å². The predicted molar refractivity (Wildman–Crippen MR) is 116 cm³/mol. The molecule has 0 radical (unpaired) electrons. The normalized spacial score (nSPS) is 15.1. The summed E-state index contributed by atoms with van der Waals surface area (Å²) in [6.45, 7) is 0.127. The topological polar surface area (TPSA) is 93.6 Å². The second-order valence-corrected chi connectivity index (χ2v) is 8.37. The van der Waals surface area contributed by atoms with Crippen LogP contribution >= 0.6 is 0 Å². The van der Waals surface area contributed by atoms with Gasteiger partial charge in [0, 0.05) is 18.2 Å². The third-order valence-corrected chi connectivity index (χ3v) is 6.19. The van der Waals surface area contributed by atoms with Gasteiger partial charge in [-0.3, -0.25) is 4.79 Å². The van der Waals surface area contributed by atoms with E-state index in [0.29, 0.717) is 28.8 Å². The summed E-state index contributed by atoms with van der Waals surface area (Å²) >= 11 is -1.53. The van der Waals surface area contributed by atoms with Crippen molar-refractivity contribution in [2.45, 2.75) is 18.7 Å². The zero-order valence-electron chi connectivity index (χ0n) is 16.4. The number of hydrogen-bond donors (Lipinski definition) is 1. The Morgan fingerprint density at radius 3 is 2.58 bits per heavy atom. The molecule has 0 aliphatic carbocycles. The number of nitrogens with zero attached hydrogens (tertiary/aromatic N) is 2. The van der Waals surface area contributed by atoms with Crippen molar-refractivity contribution in [1.29, 1.82) is 0 Å². The maximum atomic E-state index is 13.0. The van der Waals surface area contributed by atoms with E-state index in [1.54, 1.807) is 24.4 Å². The number of fused-ring (bicyclic) bond motifs is 1. The Bertz CT molecular complexity index is 1180. The smallest absolute Gasteiger partial charge is 0.335 e. The number of benzene rings is 2. The van der Waals surface area contributed by atoms with Crippen molar-refractivity contribution in [1.82, 2.24) is 9.29 Å². The van der Waals surface area contributed by atoms with E-state index in [1.165, 1.54) is 16.4 Å². The van der Waals surface area contributed by atoms with Crippen LogP contribution in [0.15, 0.2) is 66.9 Å². The van der Waals surface area contributed by atoms with Gasteiger partial charge in [-0.05, 0) is 35.2 Å². The molecular weight excluding hydrogens is 412 g/mol. The summed E-state index contributed by atoms with van der Waals surface area (Å²) in [5.41, 5.74) is 3.52. The molecule has 154 valence electrons. The first kappa shape index (κ1) is 20.7. The largest absolute Gasteiger partial charge is 0.593 e. The number of aromatic nitrogens is 1. The third kappa shape index (κ3) is 4.77. The fraction of sp³-hybridized carbons (Fsp3) is 0.125. The molecule has 3 aromatic rings. The van der Waals surface area contributed by atoms with Crippen LogP contribution in [-0.4, -0.2) is 30.8 Å². The number of carboxylic acid groups (broad SMARTS) is 1. The summed E-state index contributed by atoms with van der Waals surface area (Å²) in [7, 11) is 0. The van der Waals surface area contributed by atoms with Crippen LogP contribution in [0.3, 0.4) is 0 Å². The van der Waals surface area contributed by atoms with Crippen molar-refractivity contribution in [3.8, 4) is 11.8 Å². The van der Waals surface area contributed by atoms with E-state index in [1.807, 2.05) is 30.3 Å². The molecule has 0 bridgehead atoms. The maximum Gasteiger partial charge on any atom is 0.335 e. The first-order valence-corrected chi connectivity index (χ1v) is 10.8. The molecule has 1 atom stereocenters. The van der Waals surface area contributed by atoms with Crippen molar-refractivity contribution in [3.63, 3.8) is 0 Å². The van der Waals surface area contributed by atoms with Crippen LogP contribution in [0.25, 0.3) is 0 Å². The lowest BCUT2D eigenvalue weighted by atomic mass is 10.1. The summed E-state index contributed by atoms with van der Waals surface area (Å²) in [4.78, 5) is 28.3. The highest BCUT2D eigenvalue weighted by molar-refractivity contribution is 7.89. The molecule has 6 nitrogen and oxygen atoms in total. The van der Waals surface area contributed by atoms with Crippen LogP contribution in [0.4, 0.5) is 0 Å². The number of aromatic carboxylic acids is 1.